The molecule has 0 radical (unpaired) electrons. The topological polar surface area (TPSA) is 55.1 Å². The molecule has 0 aliphatic heterocycles. The van der Waals surface area contributed by atoms with E-state index in [2.05, 4.69) is 31.3 Å². The molecule has 1 aliphatic carbocycles. The molecule has 0 saturated heterocycles. The van der Waals surface area contributed by atoms with E-state index in [9.17, 15) is 13.6 Å². The van der Waals surface area contributed by atoms with Crippen LogP contribution in [0.3, 0.4) is 0 Å². The fourth-order valence-corrected chi connectivity index (χ4v) is 3.18. The molecule has 146 valence electrons. The van der Waals surface area contributed by atoms with E-state index in [1.807, 2.05) is 12.1 Å². The lowest BCUT2D eigenvalue weighted by Gasteiger charge is -2.14. The smallest absolute Gasteiger partial charge is 0.223 e. The van der Waals surface area contributed by atoms with Gasteiger partial charge >= 0.3 is 0 Å². The minimum absolute atomic E-state index is 0. The van der Waals surface area contributed by atoms with Gasteiger partial charge in [0, 0.05) is 18.5 Å². The predicted octanol–water partition coefficient (Wildman–Crippen LogP) is 4.43. The van der Waals surface area contributed by atoms with Crippen LogP contribution in [0.5, 0.6) is 0 Å². The molecule has 0 spiro atoms. The molecule has 0 aromatic heterocycles. The Morgan fingerprint density at radius 1 is 1.11 bits per heavy atom. The van der Waals surface area contributed by atoms with Gasteiger partial charge in [-0.3, -0.25) is 4.79 Å². The van der Waals surface area contributed by atoms with Crippen LogP contribution in [0.2, 0.25) is 0 Å². The Morgan fingerprint density at radius 3 is 2.33 bits per heavy atom. The van der Waals surface area contributed by atoms with Crippen LogP contribution < -0.4 is 11.1 Å². The molecule has 2 aromatic carbocycles. The van der Waals surface area contributed by atoms with Gasteiger partial charge in [-0.25, -0.2) is 8.78 Å². The van der Waals surface area contributed by atoms with Crippen molar-refractivity contribution in [2.45, 2.75) is 38.1 Å². The van der Waals surface area contributed by atoms with Gasteiger partial charge in [0.25, 0.3) is 0 Å². The Balaban J connectivity index is 0.00000261. The highest BCUT2D eigenvalue weighted by Gasteiger charge is 2.44. The fourth-order valence-electron chi connectivity index (χ4n) is 3.18. The normalized spacial score (nSPS) is 19.3. The van der Waals surface area contributed by atoms with E-state index in [4.69, 9.17) is 5.73 Å². The number of hydrogen-bond donors (Lipinski definition) is 2. The molecule has 0 bridgehead atoms. The van der Waals surface area contributed by atoms with Crippen LogP contribution in [0.4, 0.5) is 8.78 Å². The van der Waals surface area contributed by atoms with Gasteiger partial charge in [-0.05, 0) is 47.1 Å². The van der Waals surface area contributed by atoms with E-state index >= 15 is 0 Å². The first-order valence-corrected chi connectivity index (χ1v) is 8.95. The number of hydrogen-bond acceptors (Lipinski definition) is 2. The SMILES string of the molecule is CC(C)c1ccc(C(N)CNC(=O)C2CC2c2ccc(F)c(F)c2)cc1.Cl. The predicted molar refractivity (Wildman–Crippen MR) is 105 cm³/mol. The Morgan fingerprint density at radius 2 is 1.74 bits per heavy atom. The van der Waals surface area contributed by atoms with Crippen LogP contribution in [-0.4, -0.2) is 12.5 Å². The van der Waals surface area contributed by atoms with Gasteiger partial charge in [0.15, 0.2) is 11.6 Å². The summed E-state index contributed by atoms with van der Waals surface area (Å²) in [6, 6.07) is 11.6. The zero-order chi connectivity index (χ0) is 18.8. The lowest BCUT2D eigenvalue weighted by atomic mass is 9.99. The molecule has 1 fully saturated rings. The van der Waals surface area contributed by atoms with E-state index < -0.39 is 11.6 Å². The van der Waals surface area contributed by atoms with Crippen molar-refractivity contribution in [3.63, 3.8) is 0 Å². The Bertz CT molecular complexity index is 795. The van der Waals surface area contributed by atoms with Gasteiger partial charge < -0.3 is 11.1 Å². The zero-order valence-electron chi connectivity index (χ0n) is 15.4. The zero-order valence-corrected chi connectivity index (χ0v) is 16.2. The lowest BCUT2D eigenvalue weighted by molar-refractivity contribution is -0.122. The van der Waals surface area contributed by atoms with Gasteiger partial charge in [-0.2, -0.15) is 0 Å². The molecule has 1 saturated carbocycles. The molecule has 3 unspecified atom stereocenters. The molecule has 1 aliphatic rings. The maximum absolute atomic E-state index is 13.3. The summed E-state index contributed by atoms with van der Waals surface area (Å²) < 4.78 is 26.3. The number of carbonyl (C=O) groups is 1. The summed E-state index contributed by atoms with van der Waals surface area (Å²) in [5.41, 5.74) is 9.05. The van der Waals surface area contributed by atoms with Crippen molar-refractivity contribution >= 4 is 18.3 Å². The van der Waals surface area contributed by atoms with Crippen LogP contribution in [0, 0.1) is 17.6 Å². The average Bonchev–Trinajstić information content (AvgIpc) is 3.42. The van der Waals surface area contributed by atoms with Crippen molar-refractivity contribution in [2.24, 2.45) is 11.7 Å². The first kappa shape index (κ1) is 21.3. The standard InChI is InChI=1S/C21H24F2N2O.ClH/c1-12(2)13-3-5-14(6-4-13)20(24)11-25-21(26)17-10-16(17)15-7-8-18(22)19(23)9-15;/h3-9,12,16-17,20H,10-11,24H2,1-2H3,(H,25,26);1H. The number of rotatable bonds is 6. The highest BCUT2D eigenvalue weighted by molar-refractivity contribution is 5.85. The molecule has 27 heavy (non-hydrogen) atoms. The summed E-state index contributed by atoms with van der Waals surface area (Å²) in [6.07, 6.45) is 0.648. The molecule has 2 aromatic rings. The number of nitrogens with one attached hydrogen (secondary N) is 1. The molecule has 1 amide bonds. The quantitative estimate of drug-likeness (QED) is 0.761. The molecular formula is C21H25ClF2N2O. The summed E-state index contributed by atoms with van der Waals surface area (Å²) in [5, 5.41) is 2.87. The Kier molecular flexibility index (Phi) is 6.95. The minimum Gasteiger partial charge on any atom is -0.354 e. The molecule has 3 nitrogen and oxygen atoms in total. The van der Waals surface area contributed by atoms with Crippen LogP contribution in [0.15, 0.2) is 42.5 Å². The van der Waals surface area contributed by atoms with Crippen molar-refractivity contribution in [1.29, 1.82) is 0 Å². The number of halogens is 3. The van der Waals surface area contributed by atoms with E-state index in [1.165, 1.54) is 11.6 Å². The Hall–Kier alpha value is -1.98. The second-order valence-corrected chi connectivity index (χ2v) is 7.30. The van der Waals surface area contributed by atoms with Crippen molar-refractivity contribution in [3.05, 3.63) is 70.8 Å². The summed E-state index contributed by atoms with van der Waals surface area (Å²) >= 11 is 0. The average molecular weight is 395 g/mol. The third kappa shape index (κ3) is 5.05. The minimum atomic E-state index is -0.875. The van der Waals surface area contributed by atoms with Gasteiger partial charge in [-0.15, -0.1) is 12.4 Å². The molecule has 3 atom stereocenters. The second-order valence-electron chi connectivity index (χ2n) is 7.30. The first-order chi connectivity index (χ1) is 12.4. The highest BCUT2D eigenvalue weighted by Crippen LogP contribution is 2.47. The summed E-state index contributed by atoms with van der Waals surface area (Å²) in [7, 11) is 0. The van der Waals surface area contributed by atoms with Crippen molar-refractivity contribution in [2.75, 3.05) is 6.54 Å². The number of benzene rings is 2. The highest BCUT2D eigenvalue weighted by atomic mass is 35.5. The monoisotopic (exact) mass is 394 g/mol. The summed E-state index contributed by atoms with van der Waals surface area (Å²) in [4.78, 5) is 12.3. The first-order valence-electron chi connectivity index (χ1n) is 8.95. The fraction of sp³-hybridized carbons (Fsp3) is 0.381. The number of amides is 1. The largest absolute Gasteiger partial charge is 0.354 e. The molecule has 3 rings (SSSR count). The van der Waals surface area contributed by atoms with Crippen molar-refractivity contribution < 1.29 is 13.6 Å². The maximum atomic E-state index is 13.3. The number of nitrogens with two attached hydrogens (primary N) is 1. The Labute approximate surface area is 164 Å². The van der Waals surface area contributed by atoms with E-state index in [1.54, 1.807) is 6.07 Å². The van der Waals surface area contributed by atoms with Gasteiger partial charge in [0.1, 0.15) is 0 Å². The van der Waals surface area contributed by atoms with Crippen molar-refractivity contribution in [1.82, 2.24) is 5.32 Å². The van der Waals surface area contributed by atoms with Gasteiger partial charge in [-0.1, -0.05) is 44.2 Å². The summed E-state index contributed by atoms with van der Waals surface area (Å²) in [6.45, 7) is 4.61. The van der Waals surface area contributed by atoms with Crippen LogP contribution in [0.25, 0.3) is 0 Å². The van der Waals surface area contributed by atoms with Crippen molar-refractivity contribution in [3.8, 4) is 0 Å². The van der Waals surface area contributed by atoms with Gasteiger partial charge in [0.2, 0.25) is 5.91 Å². The van der Waals surface area contributed by atoms with Crippen LogP contribution in [0.1, 0.15) is 54.8 Å². The molecule has 6 heteroatoms. The van der Waals surface area contributed by atoms with E-state index in [-0.39, 0.29) is 36.2 Å². The van der Waals surface area contributed by atoms with Crippen LogP contribution in [-0.2, 0) is 4.79 Å². The molecule has 0 heterocycles. The van der Waals surface area contributed by atoms with Gasteiger partial charge in [0.05, 0.1) is 0 Å². The summed E-state index contributed by atoms with van der Waals surface area (Å²) in [5.74, 6) is -1.62. The lowest BCUT2D eigenvalue weighted by Crippen LogP contribution is -2.33. The van der Waals surface area contributed by atoms with E-state index in [0.29, 0.717) is 24.4 Å². The van der Waals surface area contributed by atoms with E-state index in [0.717, 1.165) is 11.6 Å². The maximum Gasteiger partial charge on any atom is 0.223 e. The third-order valence-corrected chi connectivity index (χ3v) is 5.03. The molecule has 3 N–H and O–H groups in total. The third-order valence-electron chi connectivity index (χ3n) is 5.03. The number of carbonyl (C=O) groups excluding carboxylic acids is 1. The molecular weight excluding hydrogens is 370 g/mol. The van der Waals surface area contributed by atoms with Crippen LogP contribution >= 0.6 is 12.4 Å². The second kappa shape index (κ2) is 8.81.